The van der Waals surface area contributed by atoms with Crippen molar-refractivity contribution >= 4 is 69.8 Å². The summed E-state index contributed by atoms with van der Waals surface area (Å²) in [7, 11) is -4.90. The Balaban J connectivity index is -0.00000116. The van der Waals surface area contributed by atoms with Crippen LogP contribution in [0.15, 0.2) is 24.3 Å². The van der Waals surface area contributed by atoms with E-state index in [2.05, 4.69) is 13.8 Å². The largest absolute Gasteiger partial charge is 2.00 e. The number of allylic oxidation sites excluding steroid dienone is 2. The van der Waals surface area contributed by atoms with Gasteiger partial charge in [0.1, 0.15) is 0 Å². The summed E-state index contributed by atoms with van der Waals surface area (Å²) in [6.07, 6.45) is 54.0. The van der Waals surface area contributed by atoms with Crippen molar-refractivity contribution in [1.82, 2.24) is 9.80 Å². The fourth-order valence-corrected chi connectivity index (χ4v) is 8.83. The van der Waals surface area contributed by atoms with Gasteiger partial charge in [-0.15, -0.1) is 0 Å². The van der Waals surface area contributed by atoms with Gasteiger partial charge in [0.2, 0.25) is 11.8 Å². The molecule has 10 nitrogen and oxygen atoms in total. The van der Waals surface area contributed by atoms with Crippen LogP contribution in [0.4, 0.5) is 0 Å². The van der Waals surface area contributed by atoms with Crippen LogP contribution >= 0.6 is 0 Å². The smallest absolute Gasteiger partial charge is 0.748 e. The number of hydrogen-bond donors (Lipinski definition) is 0. The van der Waals surface area contributed by atoms with Gasteiger partial charge in [-0.05, 0) is 63.5 Å². The van der Waals surface area contributed by atoms with E-state index < -0.39 is 20.2 Å². The molecule has 0 radical (unpaired) electrons. The Bertz CT molecular complexity index is 1230. The van der Waals surface area contributed by atoms with Crippen molar-refractivity contribution in [2.75, 3.05) is 38.7 Å². The van der Waals surface area contributed by atoms with Crippen LogP contribution < -0.4 is 0 Å². The van der Waals surface area contributed by atoms with Gasteiger partial charge in [-0.2, -0.15) is 0 Å². The van der Waals surface area contributed by atoms with E-state index in [4.69, 9.17) is 0 Å². The summed E-state index contributed by atoms with van der Waals surface area (Å²) in [6.45, 7) is 5.48. The molecule has 0 aliphatic carbocycles. The zero-order chi connectivity index (χ0) is 47.8. The number of likely N-dealkylation sites (N-methyl/N-ethyl adjacent to an activating group) is 2. The SMILES string of the molecule is CCCCCCCCCCCCCCCCCC/C=C/C(=O)N(C)CCCCS(=O)(=O)[O-].CCCCCCCCCCCCCCCCCC/C=C/C(=O)N(C)CCCCS(=O)(=O)[O-].[Ca+2]. The second-order valence-corrected chi connectivity index (χ2v) is 21.5. The summed E-state index contributed by atoms with van der Waals surface area (Å²) in [5, 5.41) is 0. The standard InChI is InChI=1S/2C26H51NO4S.Ca/c2*1-3-4-5-6-7-8-9-10-11-12-13-14-15-16-17-18-19-20-23-26(28)27(2)24-21-22-25-32(29,30)31;/h2*20,23H,3-19,21-22,24-25H2,1-2H3,(H,29,30,31);/q;;+2/p-2/b2*23-20+;. The van der Waals surface area contributed by atoms with E-state index in [1.807, 2.05) is 12.2 Å². The first-order chi connectivity index (χ1) is 30.7. The third-order valence-electron chi connectivity index (χ3n) is 12.0. The van der Waals surface area contributed by atoms with Crippen molar-refractivity contribution in [2.45, 2.75) is 258 Å². The minimum Gasteiger partial charge on any atom is -0.748 e. The Labute approximate surface area is 432 Å². The van der Waals surface area contributed by atoms with Gasteiger partial charge >= 0.3 is 37.7 Å². The summed E-state index contributed by atoms with van der Waals surface area (Å²) in [5.74, 6) is -0.841. The Morgan fingerprint density at radius 2 is 0.585 bits per heavy atom. The van der Waals surface area contributed by atoms with Gasteiger partial charge in [0.25, 0.3) is 0 Å². The van der Waals surface area contributed by atoms with E-state index in [-0.39, 0.29) is 61.1 Å². The minimum atomic E-state index is -4.15. The molecule has 0 bridgehead atoms. The van der Waals surface area contributed by atoms with E-state index in [1.54, 1.807) is 36.0 Å². The molecule has 0 unspecified atom stereocenters. The second-order valence-electron chi connectivity index (χ2n) is 18.4. The van der Waals surface area contributed by atoms with Crippen molar-refractivity contribution in [3.05, 3.63) is 24.3 Å². The van der Waals surface area contributed by atoms with Crippen molar-refractivity contribution in [3.8, 4) is 0 Å². The zero-order valence-electron chi connectivity index (χ0n) is 42.7. The summed E-state index contributed by atoms with van der Waals surface area (Å²) < 4.78 is 63.3. The number of rotatable bonds is 46. The van der Waals surface area contributed by atoms with Gasteiger partial charge in [0.05, 0.1) is 20.2 Å². The number of carbonyl (C=O) groups excluding carboxylic acids is 2. The summed E-state index contributed by atoms with van der Waals surface area (Å²) >= 11 is 0. The Hall–Kier alpha value is -0.500. The van der Waals surface area contributed by atoms with Crippen LogP contribution in [0.3, 0.4) is 0 Å². The molecule has 0 aliphatic heterocycles. The van der Waals surface area contributed by atoms with Crippen molar-refractivity contribution < 1.29 is 35.5 Å². The quantitative estimate of drug-likeness (QED) is 0.0253. The molecule has 0 aromatic carbocycles. The van der Waals surface area contributed by atoms with Crippen LogP contribution in [0.25, 0.3) is 0 Å². The molecule has 65 heavy (non-hydrogen) atoms. The Morgan fingerprint density at radius 1 is 0.369 bits per heavy atom. The van der Waals surface area contributed by atoms with Crippen molar-refractivity contribution in [2.24, 2.45) is 0 Å². The first-order valence-corrected chi connectivity index (χ1v) is 29.6. The van der Waals surface area contributed by atoms with Gasteiger partial charge in [-0.25, -0.2) is 16.8 Å². The van der Waals surface area contributed by atoms with Crippen LogP contribution in [0.5, 0.6) is 0 Å². The fourth-order valence-electron chi connectivity index (χ4n) is 7.72. The number of unbranched alkanes of at least 4 members (excludes halogenated alkanes) is 34. The Morgan fingerprint density at radius 3 is 0.800 bits per heavy atom. The first kappa shape index (κ1) is 68.8. The van der Waals surface area contributed by atoms with Gasteiger partial charge in [0, 0.05) is 38.7 Å². The van der Waals surface area contributed by atoms with Gasteiger partial charge < -0.3 is 18.9 Å². The van der Waals surface area contributed by atoms with Crippen LogP contribution in [0.2, 0.25) is 0 Å². The molecular formula is C52H100CaN2O8S2. The monoisotopic (exact) mass is 985 g/mol. The summed E-state index contributed by atoms with van der Waals surface area (Å²) in [5.41, 5.74) is 0. The first-order valence-electron chi connectivity index (χ1n) is 26.4. The second kappa shape index (κ2) is 51.4. The normalized spacial score (nSPS) is 11.8. The van der Waals surface area contributed by atoms with E-state index in [9.17, 15) is 35.5 Å². The van der Waals surface area contributed by atoms with E-state index >= 15 is 0 Å². The van der Waals surface area contributed by atoms with Gasteiger partial charge in [0.15, 0.2) is 0 Å². The maximum Gasteiger partial charge on any atom is 2.00 e. The maximum absolute atomic E-state index is 12.0. The topological polar surface area (TPSA) is 155 Å². The molecule has 2 amide bonds. The van der Waals surface area contributed by atoms with Crippen LogP contribution in [-0.4, -0.2) is 124 Å². The molecule has 0 saturated heterocycles. The summed E-state index contributed by atoms with van der Waals surface area (Å²) in [4.78, 5) is 27.1. The molecule has 380 valence electrons. The average molecular weight is 986 g/mol. The van der Waals surface area contributed by atoms with E-state index in [0.717, 1.165) is 25.7 Å². The minimum absolute atomic E-state index is 0. The third kappa shape index (κ3) is 59.6. The van der Waals surface area contributed by atoms with Crippen LogP contribution in [-0.2, 0) is 29.8 Å². The molecule has 0 aliphatic rings. The summed E-state index contributed by atoms with van der Waals surface area (Å²) in [6, 6.07) is 0. The predicted molar refractivity (Wildman–Crippen MR) is 275 cm³/mol. The molecule has 0 aromatic heterocycles. The van der Waals surface area contributed by atoms with Crippen LogP contribution in [0.1, 0.15) is 258 Å². The zero-order valence-corrected chi connectivity index (χ0v) is 46.5. The fraction of sp³-hybridized carbons (Fsp3) is 0.885. The van der Waals surface area contributed by atoms with Crippen molar-refractivity contribution in [3.63, 3.8) is 0 Å². The number of amides is 2. The number of carbonyl (C=O) groups is 2. The third-order valence-corrected chi connectivity index (χ3v) is 13.6. The molecule has 0 aromatic rings. The number of hydrogen-bond acceptors (Lipinski definition) is 8. The molecule has 0 atom stereocenters. The molecule has 0 fully saturated rings. The van der Waals surface area contributed by atoms with Gasteiger partial charge in [-0.3, -0.25) is 9.59 Å². The van der Waals surface area contributed by atoms with E-state index in [1.165, 1.54) is 193 Å². The number of nitrogens with zero attached hydrogens (tertiary/aromatic N) is 2. The maximum atomic E-state index is 12.0. The molecule has 0 saturated carbocycles. The molecular weight excluding hydrogens is 885 g/mol. The average Bonchev–Trinajstić information content (AvgIpc) is 3.25. The van der Waals surface area contributed by atoms with Crippen LogP contribution in [0, 0.1) is 0 Å². The van der Waals surface area contributed by atoms with Gasteiger partial charge in [-0.1, -0.05) is 219 Å². The molecule has 0 spiro atoms. The molecule has 0 N–H and O–H groups in total. The van der Waals surface area contributed by atoms with Crippen molar-refractivity contribution in [1.29, 1.82) is 0 Å². The molecule has 0 rings (SSSR count). The predicted octanol–water partition coefficient (Wildman–Crippen LogP) is 13.6. The van der Waals surface area contributed by atoms with E-state index in [0.29, 0.717) is 38.8 Å². The molecule has 0 heterocycles. The molecule has 13 heteroatoms. The Kier molecular flexibility index (Phi) is 54.3.